The molecule has 6 nitrogen and oxygen atoms in total. The van der Waals surface area contributed by atoms with Gasteiger partial charge in [0.2, 0.25) is 5.58 Å². The predicted octanol–water partition coefficient (Wildman–Crippen LogP) is 1.80. The van der Waals surface area contributed by atoms with E-state index in [1.807, 2.05) is 0 Å². The van der Waals surface area contributed by atoms with E-state index in [9.17, 15) is 14.9 Å². The highest BCUT2D eigenvalue weighted by atomic mass is 79.9. The number of nitrogens with zero attached hydrogens (tertiary/aromatic N) is 2. The SMILES string of the molecule is Cn1c(=O)oc2c([N+](=O)[O-])cc(Br)cc21. The summed E-state index contributed by atoms with van der Waals surface area (Å²) < 4.78 is 6.53. The van der Waals surface area contributed by atoms with Gasteiger partial charge in [-0.05, 0) is 6.07 Å². The van der Waals surface area contributed by atoms with Crippen LogP contribution in [0.15, 0.2) is 25.8 Å². The summed E-state index contributed by atoms with van der Waals surface area (Å²) in [5.41, 5.74) is 0.161. The summed E-state index contributed by atoms with van der Waals surface area (Å²) in [5.74, 6) is -0.619. The average Bonchev–Trinajstić information content (AvgIpc) is 2.43. The molecule has 1 aromatic heterocycles. The number of fused-ring (bicyclic) bond motifs is 1. The van der Waals surface area contributed by atoms with Crippen molar-refractivity contribution < 1.29 is 9.34 Å². The van der Waals surface area contributed by atoms with Crippen molar-refractivity contribution in [3.05, 3.63) is 37.3 Å². The third kappa shape index (κ3) is 1.44. The Morgan fingerprint density at radius 3 is 2.80 bits per heavy atom. The molecule has 0 unspecified atom stereocenters. The van der Waals surface area contributed by atoms with Crippen LogP contribution < -0.4 is 5.76 Å². The Balaban J connectivity index is 2.99. The lowest BCUT2D eigenvalue weighted by molar-refractivity contribution is -0.383. The third-order valence-corrected chi connectivity index (χ3v) is 2.49. The number of benzene rings is 1. The van der Waals surface area contributed by atoms with Gasteiger partial charge in [0.15, 0.2) is 0 Å². The molecule has 0 aliphatic heterocycles. The molecular weight excluding hydrogens is 268 g/mol. The Hall–Kier alpha value is -1.63. The largest absolute Gasteiger partial charge is 0.419 e. The van der Waals surface area contributed by atoms with Crippen molar-refractivity contribution in [2.75, 3.05) is 0 Å². The lowest BCUT2D eigenvalue weighted by Crippen LogP contribution is -2.08. The summed E-state index contributed by atoms with van der Waals surface area (Å²) >= 11 is 3.13. The highest BCUT2D eigenvalue weighted by Gasteiger charge is 2.19. The summed E-state index contributed by atoms with van der Waals surface area (Å²) in [4.78, 5) is 21.3. The molecule has 1 heterocycles. The van der Waals surface area contributed by atoms with Gasteiger partial charge in [0.1, 0.15) is 0 Å². The van der Waals surface area contributed by atoms with Crippen molar-refractivity contribution in [2.45, 2.75) is 0 Å². The number of oxazole rings is 1. The second-order valence-electron chi connectivity index (χ2n) is 2.96. The highest BCUT2D eigenvalue weighted by Crippen LogP contribution is 2.28. The Morgan fingerprint density at radius 2 is 2.20 bits per heavy atom. The number of rotatable bonds is 1. The molecule has 0 amide bonds. The van der Waals surface area contributed by atoms with E-state index in [-0.39, 0.29) is 11.3 Å². The monoisotopic (exact) mass is 272 g/mol. The molecule has 2 rings (SSSR count). The minimum Gasteiger partial charge on any atom is -0.400 e. The summed E-state index contributed by atoms with van der Waals surface area (Å²) in [6.07, 6.45) is 0. The lowest BCUT2D eigenvalue weighted by atomic mass is 10.3. The number of halogens is 1. The quantitative estimate of drug-likeness (QED) is 0.586. The van der Waals surface area contributed by atoms with Crippen molar-refractivity contribution in [3.8, 4) is 0 Å². The molecule has 0 spiro atoms. The summed E-state index contributed by atoms with van der Waals surface area (Å²) in [5, 5.41) is 10.7. The molecule has 7 heteroatoms. The molecule has 0 N–H and O–H groups in total. The van der Waals surface area contributed by atoms with Gasteiger partial charge >= 0.3 is 11.4 Å². The lowest BCUT2D eigenvalue weighted by Gasteiger charge is -1.95. The molecule has 0 bridgehead atoms. The predicted molar refractivity (Wildman–Crippen MR) is 55.8 cm³/mol. The van der Waals surface area contributed by atoms with Crippen LogP contribution in [-0.2, 0) is 7.05 Å². The van der Waals surface area contributed by atoms with Gasteiger partial charge in [-0.3, -0.25) is 14.7 Å². The molecule has 2 aromatic rings. The van der Waals surface area contributed by atoms with Gasteiger partial charge in [-0.1, -0.05) is 15.9 Å². The maximum absolute atomic E-state index is 11.2. The maximum Gasteiger partial charge on any atom is 0.419 e. The van der Waals surface area contributed by atoms with Crippen molar-refractivity contribution in [1.29, 1.82) is 0 Å². The van der Waals surface area contributed by atoms with Crippen LogP contribution in [0.2, 0.25) is 0 Å². The zero-order valence-corrected chi connectivity index (χ0v) is 9.15. The van der Waals surface area contributed by atoms with Gasteiger partial charge < -0.3 is 4.42 Å². The number of hydrogen-bond donors (Lipinski definition) is 0. The fourth-order valence-electron chi connectivity index (χ4n) is 1.31. The first-order valence-electron chi connectivity index (χ1n) is 3.94. The Labute approximate surface area is 91.4 Å². The molecule has 0 aliphatic carbocycles. The first kappa shape index (κ1) is 9.91. The number of hydrogen-bond acceptors (Lipinski definition) is 4. The van der Waals surface area contributed by atoms with Crippen LogP contribution in [0.3, 0.4) is 0 Å². The molecule has 0 fully saturated rings. The van der Waals surface area contributed by atoms with Gasteiger partial charge in [0.05, 0.1) is 10.4 Å². The maximum atomic E-state index is 11.2. The van der Waals surface area contributed by atoms with Gasteiger partial charge in [-0.2, -0.15) is 0 Å². The second kappa shape index (κ2) is 3.20. The van der Waals surface area contributed by atoms with Gasteiger partial charge in [0, 0.05) is 17.6 Å². The Bertz CT molecular complexity index is 613. The number of aromatic nitrogens is 1. The second-order valence-corrected chi connectivity index (χ2v) is 3.87. The van der Waals surface area contributed by atoms with Crippen molar-refractivity contribution in [3.63, 3.8) is 0 Å². The van der Waals surface area contributed by atoms with E-state index in [1.54, 1.807) is 6.07 Å². The van der Waals surface area contributed by atoms with E-state index < -0.39 is 10.7 Å². The fourth-order valence-corrected chi connectivity index (χ4v) is 1.74. The molecule has 0 saturated carbocycles. The molecule has 0 aliphatic rings. The molecule has 78 valence electrons. The van der Waals surface area contributed by atoms with Crippen LogP contribution in [0, 0.1) is 10.1 Å². The zero-order valence-electron chi connectivity index (χ0n) is 7.56. The van der Waals surface area contributed by atoms with E-state index in [0.717, 1.165) is 0 Å². The number of nitro benzene ring substituents is 1. The number of nitro groups is 1. The van der Waals surface area contributed by atoms with Crippen molar-refractivity contribution in [2.24, 2.45) is 7.05 Å². The van der Waals surface area contributed by atoms with Gasteiger partial charge in [0.25, 0.3) is 0 Å². The first-order chi connectivity index (χ1) is 7.00. The molecule has 0 radical (unpaired) electrons. The summed E-state index contributed by atoms with van der Waals surface area (Å²) in [6, 6.07) is 2.89. The molecule has 0 saturated heterocycles. The van der Waals surface area contributed by atoms with Crippen LogP contribution >= 0.6 is 15.9 Å². The minimum atomic E-state index is -0.619. The highest BCUT2D eigenvalue weighted by molar-refractivity contribution is 9.10. The topological polar surface area (TPSA) is 78.3 Å². The smallest absolute Gasteiger partial charge is 0.400 e. The summed E-state index contributed by atoms with van der Waals surface area (Å²) in [7, 11) is 1.49. The molecular formula is C8H5BrN2O4. The average molecular weight is 273 g/mol. The van der Waals surface area contributed by atoms with Crippen LogP contribution in [0.1, 0.15) is 0 Å². The van der Waals surface area contributed by atoms with E-state index in [4.69, 9.17) is 4.42 Å². The van der Waals surface area contributed by atoms with E-state index in [2.05, 4.69) is 15.9 Å². The van der Waals surface area contributed by atoms with Gasteiger partial charge in [-0.25, -0.2) is 4.79 Å². The van der Waals surface area contributed by atoms with Crippen molar-refractivity contribution >= 4 is 32.7 Å². The number of non-ortho nitro benzene ring substituents is 1. The first-order valence-corrected chi connectivity index (χ1v) is 4.73. The fraction of sp³-hybridized carbons (Fsp3) is 0.125. The minimum absolute atomic E-state index is 0.00398. The van der Waals surface area contributed by atoms with Crippen LogP contribution in [0.5, 0.6) is 0 Å². The van der Waals surface area contributed by atoms with E-state index in [0.29, 0.717) is 9.99 Å². The van der Waals surface area contributed by atoms with E-state index >= 15 is 0 Å². The molecule has 15 heavy (non-hydrogen) atoms. The summed E-state index contributed by atoms with van der Waals surface area (Å²) in [6.45, 7) is 0. The van der Waals surface area contributed by atoms with Gasteiger partial charge in [-0.15, -0.1) is 0 Å². The third-order valence-electron chi connectivity index (χ3n) is 2.04. The van der Waals surface area contributed by atoms with Crippen molar-refractivity contribution in [1.82, 2.24) is 4.57 Å². The normalized spacial score (nSPS) is 10.8. The standard InChI is InChI=1S/C8H5BrN2O4/c1-10-5-2-4(9)3-6(11(13)14)7(5)15-8(10)12/h2-3H,1H3. The Kier molecular flexibility index (Phi) is 2.11. The van der Waals surface area contributed by atoms with Crippen LogP contribution in [0.4, 0.5) is 5.69 Å². The van der Waals surface area contributed by atoms with E-state index in [1.165, 1.54) is 17.7 Å². The zero-order chi connectivity index (χ0) is 11.2. The van der Waals surface area contributed by atoms with Crippen LogP contribution in [-0.4, -0.2) is 9.49 Å². The number of aryl methyl sites for hydroxylation is 1. The molecule has 1 aromatic carbocycles. The Morgan fingerprint density at radius 1 is 1.53 bits per heavy atom. The molecule has 0 atom stereocenters. The van der Waals surface area contributed by atoms with Crippen LogP contribution in [0.25, 0.3) is 11.1 Å².